The Morgan fingerprint density at radius 1 is 0.353 bits per heavy atom. The van der Waals surface area contributed by atoms with Crippen LogP contribution >= 0.6 is 0 Å². The smallest absolute Gasteiger partial charge is 0.132 e. The predicted octanol–water partition coefficient (Wildman–Crippen LogP) is 15.2. The number of benzene rings is 9. The normalized spacial score (nSPS) is 14.6. The number of para-hydroxylation sites is 8. The van der Waals surface area contributed by atoms with Gasteiger partial charge in [0.05, 0.1) is 56.6 Å². The third-order valence-electron chi connectivity index (χ3n) is 14.5. The van der Waals surface area contributed by atoms with E-state index in [1.54, 1.807) is 0 Å². The van der Waals surface area contributed by atoms with Gasteiger partial charge in [0.1, 0.15) is 23.0 Å². The lowest BCUT2D eigenvalue weighted by molar-refractivity contribution is 0.434. The third-order valence-corrected chi connectivity index (χ3v) is 14.5. The summed E-state index contributed by atoms with van der Waals surface area (Å²) >= 11 is 0. The van der Waals surface area contributed by atoms with Gasteiger partial charge in [0, 0.05) is 45.8 Å². The fraction of sp³-hybridized carbons (Fsp3) is 0.0323. The van der Waals surface area contributed by atoms with Crippen LogP contribution in [0.2, 0.25) is 0 Å². The second-order valence-electron chi connectivity index (χ2n) is 17.7. The van der Waals surface area contributed by atoms with E-state index >= 15 is 0 Å². The van der Waals surface area contributed by atoms with E-state index in [1.807, 2.05) is 48.8 Å². The summed E-state index contributed by atoms with van der Waals surface area (Å²) < 4.78 is 13.4. The molecule has 0 unspecified atom stereocenters. The van der Waals surface area contributed by atoms with Crippen LogP contribution in [-0.2, 0) is 10.8 Å². The molecule has 0 aliphatic carbocycles. The summed E-state index contributed by atoms with van der Waals surface area (Å²) in [5.74, 6) is 3.34. The molecule has 9 aromatic carbocycles. The van der Waals surface area contributed by atoms with Gasteiger partial charge in [-0.1, -0.05) is 146 Å². The largest absolute Gasteiger partial charge is 0.457 e. The average Bonchev–Trinajstić information content (AvgIpc) is 3.41. The average molecular weight is 871 g/mol. The minimum Gasteiger partial charge on any atom is -0.457 e. The number of pyridine rings is 1. The summed E-state index contributed by atoms with van der Waals surface area (Å²) in [5.41, 5.74) is 15.8. The van der Waals surface area contributed by atoms with Crippen molar-refractivity contribution in [3.63, 3.8) is 0 Å². The molecule has 10 aromatic rings. The SMILES string of the molecule is N#Cc1ccc(N2c3ccccc3C3(c4ccccc4Oc4ccccc43)c3ccccc32)c(-c2cnccc2N2c3ccccc3C3(c4ccccc4Oc4ccccc43)c3ccccc32)c1. The van der Waals surface area contributed by atoms with E-state index in [2.05, 4.69) is 198 Å². The monoisotopic (exact) mass is 870 g/mol. The van der Waals surface area contributed by atoms with Crippen molar-refractivity contribution in [2.75, 3.05) is 9.80 Å². The van der Waals surface area contributed by atoms with Crippen LogP contribution in [0.4, 0.5) is 34.1 Å². The Morgan fingerprint density at radius 3 is 1.07 bits per heavy atom. The van der Waals surface area contributed by atoms with Gasteiger partial charge in [0.25, 0.3) is 0 Å². The zero-order chi connectivity index (χ0) is 45.0. The van der Waals surface area contributed by atoms with Crippen LogP contribution in [0.3, 0.4) is 0 Å². The highest BCUT2D eigenvalue weighted by Gasteiger charge is 2.53. The first kappa shape index (κ1) is 38.1. The van der Waals surface area contributed by atoms with E-state index < -0.39 is 10.8 Å². The zero-order valence-corrected chi connectivity index (χ0v) is 36.5. The second kappa shape index (κ2) is 14.4. The van der Waals surface area contributed by atoms with Crippen molar-refractivity contribution in [3.8, 4) is 40.2 Å². The second-order valence-corrected chi connectivity index (χ2v) is 17.7. The van der Waals surface area contributed by atoms with Gasteiger partial charge in [-0.05, 0) is 95.1 Å². The molecule has 1 aromatic heterocycles. The van der Waals surface area contributed by atoms with Crippen LogP contribution in [0.1, 0.15) is 50.1 Å². The molecule has 4 aliphatic rings. The van der Waals surface area contributed by atoms with E-state index in [1.165, 1.54) is 0 Å². The van der Waals surface area contributed by atoms with Crippen molar-refractivity contribution in [3.05, 3.63) is 281 Å². The van der Waals surface area contributed by atoms with Crippen molar-refractivity contribution in [2.24, 2.45) is 0 Å². The van der Waals surface area contributed by atoms with Crippen molar-refractivity contribution in [1.82, 2.24) is 4.98 Å². The van der Waals surface area contributed by atoms with Gasteiger partial charge in [-0.2, -0.15) is 5.26 Å². The first-order chi connectivity index (χ1) is 33.7. The van der Waals surface area contributed by atoms with E-state index in [0.29, 0.717) is 5.56 Å². The molecular formula is C62H38N4O2. The molecule has 318 valence electrons. The minimum atomic E-state index is -0.695. The van der Waals surface area contributed by atoms with Crippen molar-refractivity contribution < 1.29 is 9.47 Å². The quantitative estimate of drug-likeness (QED) is 0.176. The Balaban J connectivity index is 1.02. The van der Waals surface area contributed by atoms with Crippen molar-refractivity contribution in [2.45, 2.75) is 10.8 Å². The van der Waals surface area contributed by atoms with Crippen molar-refractivity contribution >= 4 is 34.1 Å². The van der Waals surface area contributed by atoms with Crippen LogP contribution in [0.15, 0.2) is 231 Å². The van der Waals surface area contributed by atoms with Crippen LogP contribution in [-0.4, -0.2) is 4.98 Å². The maximum atomic E-state index is 10.6. The molecule has 4 aliphatic heterocycles. The molecule has 0 amide bonds. The Bertz CT molecular complexity index is 3590. The fourth-order valence-electron chi connectivity index (χ4n) is 12.0. The number of nitrogens with zero attached hydrogens (tertiary/aromatic N) is 4. The number of nitriles is 1. The fourth-order valence-corrected chi connectivity index (χ4v) is 12.0. The molecular weight excluding hydrogens is 833 g/mol. The van der Waals surface area contributed by atoms with E-state index in [9.17, 15) is 5.26 Å². The molecule has 0 atom stereocenters. The summed E-state index contributed by atoms with van der Waals surface area (Å²) in [6.45, 7) is 0. The summed E-state index contributed by atoms with van der Waals surface area (Å²) in [6.07, 6.45) is 3.83. The highest BCUT2D eigenvalue weighted by Crippen LogP contribution is 2.65. The van der Waals surface area contributed by atoms with Crippen LogP contribution in [0.5, 0.6) is 23.0 Å². The molecule has 0 bridgehead atoms. The maximum Gasteiger partial charge on any atom is 0.132 e. The lowest BCUT2D eigenvalue weighted by Crippen LogP contribution is -2.40. The number of ether oxygens (including phenoxy) is 2. The zero-order valence-electron chi connectivity index (χ0n) is 36.5. The molecule has 0 fully saturated rings. The topological polar surface area (TPSA) is 61.6 Å². The molecule has 6 heteroatoms. The molecule has 68 heavy (non-hydrogen) atoms. The molecule has 0 saturated heterocycles. The van der Waals surface area contributed by atoms with Crippen LogP contribution < -0.4 is 19.3 Å². The van der Waals surface area contributed by atoms with Gasteiger partial charge in [-0.25, -0.2) is 0 Å². The van der Waals surface area contributed by atoms with E-state index in [0.717, 1.165) is 113 Å². The van der Waals surface area contributed by atoms with Crippen LogP contribution in [0.25, 0.3) is 11.1 Å². The number of hydrogen-bond donors (Lipinski definition) is 0. The van der Waals surface area contributed by atoms with E-state index in [-0.39, 0.29) is 0 Å². The lowest BCUT2D eigenvalue weighted by atomic mass is 9.61. The summed E-state index contributed by atoms with van der Waals surface area (Å²) in [4.78, 5) is 9.63. The predicted molar refractivity (Wildman–Crippen MR) is 268 cm³/mol. The molecule has 14 rings (SSSR count). The molecule has 5 heterocycles. The number of anilines is 6. The summed E-state index contributed by atoms with van der Waals surface area (Å²) in [6, 6.07) is 79.4. The number of aromatic nitrogens is 1. The summed E-state index contributed by atoms with van der Waals surface area (Å²) in [5, 5.41) is 10.6. The molecule has 2 spiro atoms. The molecule has 0 radical (unpaired) electrons. The van der Waals surface area contributed by atoms with Gasteiger partial charge in [0.15, 0.2) is 0 Å². The molecule has 0 N–H and O–H groups in total. The number of hydrogen-bond acceptors (Lipinski definition) is 6. The van der Waals surface area contributed by atoms with Gasteiger partial charge < -0.3 is 19.3 Å². The Hall–Kier alpha value is -9.18. The number of rotatable bonds is 3. The molecule has 6 nitrogen and oxygen atoms in total. The van der Waals surface area contributed by atoms with Crippen molar-refractivity contribution in [1.29, 1.82) is 5.26 Å². The van der Waals surface area contributed by atoms with Gasteiger partial charge >= 0.3 is 0 Å². The van der Waals surface area contributed by atoms with Gasteiger partial charge in [-0.3, -0.25) is 4.98 Å². The highest BCUT2D eigenvalue weighted by atomic mass is 16.5. The van der Waals surface area contributed by atoms with Crippen LogP contribution in [0, 0.1) is 11.3 Å². The Labute approximate surface area is 393 Å². The highest BCUT2D eigenvalue weighted by molar-refractivity contribution is 6.01. The first-order valence-corrected chi connectivity index (χ1v) is 22.9. The third kappa shape index (κ3) is 4.97. The Morgan fingerprint density at radius 2 is 0.691 bits per heavy atom. The number of fused-ring (bicyclic) bond motifs is 16. The minimum absolute atomic E-state index is 0.551. The van der Waals surface area contributed by atoms with Gasteiger partial charge in [0.2, 0.25) is 0 Å². The maximum absolute atomic E-state index is 10.6. The summed E-state index contributed by atoms with van der Waals surface area (Å²) in [7, 11) is 0. The van der Waals surface area contributed by atoms with Gasteiger partial charge in [-0.15, -0.1) is 0 Å². The Kier molecular flexibility index (Phi) is 8.08. The standard InChI is InChI=1S/C62H38N4O2/c63-38-40-33-34-51(65-53-25-9-1-17-43(53)61(44-18-2-10-26-54(44)65)47-21-5-13-29-57(47)67-58-30-14-6-22-48(58)61)41(37-40)42-39-64-36-35-52(42)66-55-27-11-3-19-45(55)62(46-20-4-12-28-56(46)66)49-23-7-15-31-59(49)68-60-32-16-8-24-50(60)62/h1-37,39H. The first-order valence-electron chi connectivity index (χ1n) is 22.9. The molecule has 0 saturated carbocycles. The lowest BCUT2D eigenvalue weighted by Gasteiger charge is -2.49. The van der Waals surface area contributed by atoms with E-state index in [4.69, 9.17) is 14.5 Å².